The summed E-state index contributed by atoms with van der Waals surface area (Å²) >= 11 is -1.87. The van der Waals surface area contributed by atoms with Crippen LogP contribution in [0.1, 0.15) is 63.3 Å². The van der Waals surface area contributed by atoms with Crippen LogP contribution in [-0.4, -0.2) is 32.8 Å². The number of hydrogen-bond donors (Lipinski definition) is 0. The van der Waals surface area contributed by atoms with Gasteiger partial charge in [-0.3, -0.25) is 4.98 Å². The predicted molar refractivity (Wildman–Crippen MR) is 282 cm³/mol. The van der Waals surface area contributed by atoms with Crippen LogP contribution in [0.5, 0.6) is 0 Å². The number of rotatable bonds is 8. The summed E-state index contributed by atoms with van der Waals surface area (Å²) in [6.07, 6.45) is 9.08. The third-order valence-corrected chi connectivity index (χ3v) is 17.7. The molecule has 11 rings (SSSR count). The molecule has 1 aliphatic carbocycles. The Morgan fingerprint density at radius 1 is 0.706 bits per heavy atom. The first-order chi connectivity index (χ1) is 32.4. The molecule has 0 saturated heterocycles. The van der Waals surface area contributed by atoms with Crippen LogP contribution in [0, 0.1) is 25.0 Å². The number of aromatic nitrogens is 4. The molecule has 4 aromatic heterocycles. The second-order valence-corrected chi connectivity index (χ2v) is 30.8. The number of imidazole rings is 1. The van der Waals surface area contributed by atoms with Crippen molar-refractivity contribution in [2.45, 2.75) is 82.5 Å². The van der Waals surface area contributed by atoms with Crippen molar-refractivity contribution in [1.29, 1.82) is 0 Å². The van der Waals surface area contributed by atoms with Crippen LogP contribution in [0.15, 0.2) is 162 Å². The van der Waals surface area contributed by atoms with E-state index in [0.717, 1.165) is 89.6 Å². The monoisotopic (exact) mass is 1130 g/mol. The van der Waals surface area contributed by atoms with E-state index in [1.54, 1.807) is 9.96 Å². The summed E-state index contributed by atoms with van der Waals surface area (Å²) in [4.78, 5) is 14.8. The fourth-order valence-corrected chi connectivity index (χ4v) is 13.2. The summed E-state index contributed by atoms with van der Waals surface area (Å²) in [7, 11) is 0. The molecule has 1 fully saturated rings. The molecule has 7 heteroatoms. The molecular weight excluding hydrogens is 1070 g/mol. The van der Waals surface area contributed by atoms with E-state index in [-0.39, 0.29) is 25.5 Å². The van der Waals surface area contributed by atoms with Crippen molar-refractivity contribution in [1.82, 2.24) is 19.5 Å². The first-order valence-electron chi connectivity index (χ1n) is 23.9. The predicted octanol–water partition coefficient (Wildman–Crippen LogP) is 15.6. The van der Waals surface area contributed by atoms with Crippen molar-refractivity contribution in [2.24, 2.45) is 5.92 Å². The Kier molecular flexibility index (Phi) is 13.6. The van der Waals surface area contributed by atoms with Gasteiger partial charge in [-0.05, 0) is 65.4 Å². The van der Waals surface area contributed by atoms with Crippen LogP contribution < -0.4 is 4.40 Å². The van der Waals surface area contributed by atoms with Crippen LogP contribution in [0.4, 0.5) is 0 Å². The van der Waals surface area contributed by atoms with Crippen LogP contribution in [0.25, 0.3) is 83.7 Å². The molecule has 0 spiro atoms. The molecule has 1 radical (unpaired) electrons. The summed E-state index contributed by atoms with van der Waals surface area (Å²) in [5, 5.41) is 1.98. The molecule has 4 heterocycles. The normalized spacial score (nSPS) is 13.2. The zero-order valence-corrected chi connectivity index (χ0v) is 44.6. The van der Waals surface area contributed by atoms with E-state index >= 15 is 0 Å². The zero-order valence-electron chi connectivity index (χ0n) is 40.2. The van der Waals surface area contributed by atoms with Gasteiger partial charge in [-0.1, -0.05) is 105 Å². The van der Waals surface area contributed by atoms with Gasteiger partial charge in [0.25, 0.3) is 0 Å². The van der Waals surface area contributed by atoms with Crippen LogP contribution >= 0.6 is 0 Å². The first-order valence-corrected chi connectivity index (χ1v) is 31.2. The van der Waals surface area contributed by atoms with E-state index in [1.807, 2.05) is 37.3 Å². The van der Waals surface area contributed by atoms with Gasteiger partial charge in [0.2, 0.25) is 5.71 Å². The molecule has 1 saturated carbocycles. The summed E-state index contributed by atoms with van der Waals surface area (Å²) in [6, 6.07) is 59.9. The summed E-state index contributed by atoms with van der Waals surface area (Å²) in [6.45, 7) is 8.81. The van der Waals surface area contributed by atoms with Gasteiger partial charge in [-0.15, -0.1) is 18.2 Å². The minimum absolute atomic E-state index is 0. The molecule has 0 aliphatic heterocycles. The summed E-state index contributed by atoms with van der Waals surface area (Å²) < 4.78 is 10.4. The maximum atomic E-state index is 6.50. The summed E-state index contributed by atoms with van der Waals surface area (Å²) in [5.74, 6) is 9.09. The van der Waals surface area contributed by atoms with Crippen LogP contribution in [0.3, 0.4) is 0 Å². The second-order valence-electron chi connectivity index (χ2n) is 20.3. The van der Waals surface area contributed by atoms with Gasteiger partial charge in [-0.25, -0.2) is 4.98 Å². The van der Waals surface area contributed by atoms with Crippen molar-refractivity contribution in [2.75, 3.05) is 0 Å². The molecular formula is C61H58GeIrN4O-2. The minimum atomic E-state index is -1.87. The second kappa shape index (κ2) is 19.6. The van der Waals surface area contributed by atoms with E-state index < -0.39 is 13.3 Å². The molecule has 6 aromatic carbocycles. The number of benzene rings is 6. The van der Waals surface area contributed by atoms with Gasteiger partial charge < -0.3 is 8.98 Å². The molecule has 68 heavy (non-hydrogen) atoms. The molecule has 0 unspecified atom stereocenters. The first kappa shape index (κ1) is 47.2. The number of fused-ring (bicyclic) bond motifs is 4. The van der Waals surface area contributed by atoms with Gasteiger partial charge >= 0.3 is 137 Å². The Balaban J connectivity index is 0.000000211. The number of para-hydroxylation sites is 2. The van der Waals surface area contributed by atoms with E-state index in [2.05, 4.69) is 182 Å². The maximum absolute atomic E-state index is 6.50. The average Bonchev–Trinajstić information content (AvgIpc) is 4.09. The minimum Gasteiger partial charge on any atom is 0 e. The van der Waals surface area contributed by atoms with Gasteiger partial charge in [0.15, 0.2) is 0 Å². The molecule has 0 atom stereocenters. The zero-order chi connectivity index (χ0) is 46.3. The average molecular weight is 1130 g/mol. The maximum Gasteiger partial charge on any atom is 0 e. The summed E-state index contributed by atoms with van der Waals surface area (Å²) in [5.41, 5.74) is 15.6. The molecule has 1 aliphatic rings. The van der Waals surface area contributed by atoms with E-state index in [9.17, 15) is 0 Å². The third kappa shape index (κ3) is 9.56. The molecule has 343 valence electrons. The Morgan fingerprint density at radius 3 is 2.01 bits per heavy atom. The number of hydrogen-bond acceptors (Lipinski definition) is 4. The SMILES string of the molecule is Cc1ccc2c(n1)oc1c(-c3nc4ccccc4n3-c3c(-c4ccccc4)cc(C(C)(C)C)cc3-c3ccccc3)[c-]ccc12.[CH3][Ge]([CH3])([CH3])[c]1cnc(-c2[c-]cccc2)cc1CC1CCCC1.[Ir]. The third-order valence-electron chi connectivity index (χ3n) is 13.4. The Morgan fingerprint density at radius 2 is 1.37 bits per heavy atom. The quantitative estimate of drug-likeness (QED) is 0.112. The van der Waals surface area contributed by atoms with Gasteiger partial charge in [-0.2, -0.15) is 0 Å². The van der Waals surface area contributed by atoms with E-state index in [1.165, 1.54) is 37.7 Å². The van der Waals surface area contributed by atoms with E-state index in [4.69, 9.17) is 19.4 Å². The topological polar surface area (TPSA) is 56.7 Å². The number of aryl methyl sites for hydroxylation is 1. The van der Waals surface area contributed by atoms with Crippen molar-refractivity contribution in [3.63, 3.8) is 0 Å². The molecule has 0 amide bonds. The van der Waals surface area contributed by atoms with Crippen LogP contribution in [0.2, 0.25) is 17.3 Å². The van der Waals surface area contributed by atoms with Gasteiger partial charge in [0, 0.05) is 42.3 Å². The molecule has 10 aromatic rings. The largest absolute Gasteiger partial charge is 0 e. The van der Waals surface area contributed by atoms with E-state index in [0.29, 0.717) is 5.71 Å². The number of pyridine rings is 2. The number of nitrogens with zero attached hydrogens (tertiary/aromatic N) is 4. The number of furan rings is 1. The fraction of sp³-hybridized carbons (Fsp3) is 0.230. The van der Waals surface area contributed by atoms with Gasteiger partial charge in [0.1, 0.15) is 0 Å². The smallest absolute Gasteiger partial charge is 0 e. The van der Waals surface area contributed by atoms with Crippen molar-refractivity contribution >= 4 is 50.8 Å². The standard InChI is InChI=1S/C41H32N3O.C20H26GeN.Ir/c1-26-22-23-31-30-18-13-19-32(38(30)45-40(31)42-26)39-43-35-20-11-12-21-36(35)44(39)37-33(27-14-7-5-8-15-27)24-29(41(2,3)4)25-34(37)28-16-9-6-10-17-28;1-21(2,3)19-15-22-20(17-11-5-4-6-12-17)14-18(19)13-16-9-7-8-10-16;/h5-18,20-25H,1-4H3;4-6,11,14-16H,7-10,13H2,1-3H3;/q2*-1;. The van der Waals surface area contributed by atoms with Crippen molar-refractivity contribution < 1.29 is 24.5 Å². The van der Waals surface area contributed by atoms with Crippen LogP contribution in [-0.2, 0) is 31.9 Å². The Hall–Kier alpha value is -5.92. The molecule has 5 nitrogen and oxygen atoms in total. The van der Waals surface area contributed by atoms with Gasteiger partial charge in [0.05, 0.1) is 28.1 Å². The fourth-order valence-electron chi connectivity index (χ4n) is 9.85. The molecule has 0 N–H and O–H groups in total. The van der Waals surface area contributed by atoms with Crippen molar-refractivity contribution in [3.05, 3.63) is 187 Å². The Bertz CT molecular complexity index is 3300. The van der Waals surface area contributed by atoms with Crippen molar-refractivity contribution in [3.8, 4) is 50.6 Å². The molecule has 0 bridgehead atoms. The Labute approximate surface area is 417 Å².